The molecule has 5 nitrogen and oxygen atoms in total. The fraction of sp³-hybridized carbons (Fsp3) is 0.727. The van der Waals surface area contributed by atoms with Crippen LogP contribution in [0.15, 0.2) is 12.2 Å². The molecule has 0 fully saturated rings. The van der Waals surface area contributed by atoms with Gasteiger partial charge < -0.3 is 14.3 Å². The van der Waals surface area contributed by atoms with Gasteiger partial charge in [0.1, 0.15) is 6.61 Å². The Morgan fingerprint density at radius 1 is 1.47 bits per heavy atom. The average Bonchev–Trinajstić information content (AvgIpc) is 2.14. The minimum absolute atomic E-state index is 0.0507. The first-order valence-corrected chi connectivity index (χ1v) is 6.90. The van der Waals surface area contributed by atoms with Crippen LogP contribution in [0.5, 0.6) is 0 Å². The molecule has 2 atom stereocenters. The van der Waals surface area contributed by atoms with E-state index in [1.807, 2.05) is 21.1 Å². The van der Waals surface area contributed by atoms with Gasteiger partial charge in [0.25, 0.3) is 0 Å². The van der Waals surface area contributed by atoms with Crippen LogP contribution in [-0.2, 0) is 14.1 Å². The van der Waals surface area contributed by atoms with Crippen LogP contribution < -0.4 is 0 Å². The molecule has 0 saturated heterocycles. The minimum atomic E-state index is -1.77. The number of likely N-dealkylation sites (N-methyl/N-ethyl adjacent to an activating group) is 1. The third-order valence-corrected chi connectivity index (χ3v) is 3.39. The van der Waals surface area contributed by atoms with Gasteiger partial charge >= 0.3 is 19.6 Å². The molecule has 6 heteroatoms. The van der Waals surface area contributed by atoms with E-state index in [0.29, 0.717) is 16.6 Å². The van der Waals surface area contributed by atoms with E-state index in [1.54, 1.807) is 6.92 Å². The van der Waals surface area contributed by atoms with Crippen molar-refractivity contribution in [3.05, 3.63) is 12.2 Å². The lowest BCUT2D eigenvalue weighted by atomic mass is 10.4. The summed E-state index contributed by atoms with van der Waals surface area (Å²) in [6.07, 6.45) is 0.176. The van der Waals surface area contributed by atoms with Crippen LogP contribution in [0.4, 0.5) is 0 Å². The van der Waals surface area contributed by atoms with Crippen LogP contribution in [0.1, 0.15) is 6.92 Å². The maximum atomic E-state index is 11.6. The molecule has 0 aromatic carbocycles. The van der Waals surface area contributed by atoms with Gasteiger partial charge in [0.2, 0.25) is 0 Å². The highest BCUT2D eigenvalue weighted by atomic mass is 31.1. The third-order valence-electron chi connectivity index (χ3n) is 1.94. The summed E-state index contributed by atoms with van der Waals surface area (Å²) < 4.78 is 17.0. The molecule has 0 saturated carbocycles. The molecular formula is C11H22NO4P+2. The van der Waals surface area contributed by atoms with Crippen LogP contribution in [0.2, 0.25) is 0 Å². The topological polar surface area (TPSA) is 63.6 Å². The highest BCUT2D eigenvalue weighted by molar-refractivity contribution is 7.45. The number of aliphatic hydroxyl groups excluding tert-OH is 1. The monoisotopic (exact) mass is 263 g/mol. The molecule has 0 aliphatic heterocycles. The van der Waals surface area contributed by atoms with Gasteiger partial charge in [-0.3, -0.25) is 0 Å². The van der Waals surface area contributed by atoms with E-state index < -0.39 is 19.6 Å². The fourth-order valence-corrected chi connectivity index (χ4v) is 2.32. The first kappa shape index (κ1) is 16.2. The Bertz CT molecular complexity index is 309. The number of aliphatic hydroxyl groups is 1. The Balaban J connectivity index is 3.95. The standard InChI is InChI=1S/C11H22NO4P/c1-9(2)11(14)16-6-7-17(15)10(13)8-12(3,4)5/h10,13H,1,6-8H2,2-5H3/q+2. The summed E-state index contributed by atoms with van der Waals surface area (Å²) in [7, 11) is 3.96. The van der Waals surface area contributed by atoms with Crippen molar-refractivity contribution in [1.82, 2.24) is 0 Å². The molecule has 0 aromatic rings. The second-order valence-electron chi connectivity index (χ2n) is 5.01. The zero-order valence-electron chi connectivity index (χ0n) is 11.0. The van der Waals surface area contributed by atoms with Crippen LogP contribution in [0, 0.1) is 0 Å². The number of nitrogens with zero attached hydrogens (tertiary/aromatic N) is 1. The summed E-state index contributed by atoms with van der Waals surface area (Å²) in [6, 6.07) is 0. The number of carbonyl (C=O) groups is 1. The molecule has 0 aliphatic rings. The summed E-state index contributed by atoms with van der Waals surface area (Å²) in [6.45, 7) is 5.44. The van der Waals surface area contributed by atoms with Crippen molar-refractivity contribution < 1.29 is 23.7 Å². The van der Waals surface area contributed by atoms with Crippen LogP contribution in [0.25, 0.3) is 0 Å². The van der Waals surface area contributed by atoms with E-state index >= 15 is 0 Å². The third kappa shape index (κ3) is 8.02. The Labute approximate surface area is 103 Å². The predicted molar refractivity (Wildman–Crippen MR) is 67.2 cm³/mol. The number of esters is 1. The number of quaternary nitrogens is 1. The quantitative estimate of drug-likeness (QED) is 0.321. The Kier molecular flexibility index (Phi) is 6.53. The van der Waals surface area contributed by atoms with Crippen molar-refractivity contribution in [3.8, 4) is 0 Å². The van der Waals surface area contributed by atoms with Crippen LogP contribution in [0.3, 0.4) is 0 Å². The zero-order chi connectivity index (χ0) is 13.6. The molecule has 0 heterocycles. The van der Waals surface area contributed by atoms with Gasteiger partial charge in [0, 0.05) is 5.57 Å². The van der Waals surface area contributed by atoms with Gasteiger partial charge in [0.05, 0.1) is 21.1 Å². The summed E-state index contributed by atoms with van der Waals surface area (Å²) in [4.78, 5) is 11.0. The van der Waals surface area contributed by atoms with E-state index in [-0.39, 0.29) is 12.8 Å². The highest BCUT2D eigenvalue weighted by Crippen LogP contribution is 2.26. The van der Waals surface area contributed by atoms with Crippen molar-refractivity contribution in [1.29, 1.82) is 0 Å². The van der Waals surface area contributed by atoms with E-state index in [2.05, 4.69) is 6.58 Å². The number of hydrogen-bond acceptors (Lipinski definition) is 4. The van der Waals surface area contributed by atoms with E-state index in [4.69, 9.17) is 4.74 Å². The molecule has 1 N–H and O–H groups in total. The predicted octanol–water partition coefficient (Wildman–Crippen LogP) is 0.958. The first-order chi connectivity index (χ1) is 7.63. The van der Waals surface area contributed by atoms with Gasteiger partial charge in [0.15, 0.2) is 12.7 Å². The van der Waals surface area contributed by atoms with E-state index in [1.165, 1.54) is 0 Å². The largest absolute Gasteiger partial charge is 0.458 e. The Morgan fingerprint density at radius 2 is 2.00 bits per heavy atom. The minimum Gasteiger partial charge on any atom is -0.458 e. The molecule has 0 bridgehead atoms. The fourth-order valence-electron chi connectivity index (χ4n) is 1.08. The molecule has 0 rings (SSSR count). The molecular weight excluding hydrogens is 241 g/mol. The van der Waals surface area contributed by atoms with E-state index in [9.17, 15) is 14.5 Å². The van der Waals surface area contributed by atoms with Crippen molar-refractivity contribution in [2.45, 2.75) is 12.8 Å². The van der Waals surface area contributed by atoms with Crippen molar-refractivity contribution in [2.75, 3.05) is 40.5 Å². The molecule has 0 aromatic heterocycles. The Morgan fingerprint density at radius 3 is 2.41 bits per heavy atom. The summed E-state index contributed by atoms with van der Waals surface area (Å²) in [5.41, 5.74) is 0.312. The number of ether oxygens (including phenoxy) is 1. The van der Waals surface area contributed by atoms with Crippen molar-refractivity contribution in [3.63, 3.8) is 0 Å². The summed E-state index contributed by atoms with van der Waals surface area (Å²) in [5.74, 6) is -1.36. The second-order valence-corrected chi connectivity index (χ2v) is 6.89. The normalized spacial score (nSPS) is 14.1. The molecule has 17 heavy (non-hydrogen) atoms. The van der Waals surface area contributed by atoms with Crippen LogP contribution >= 0.6 is 7.80 Å². The second kappa shape index (κ2) is 6.84. The van der Waals surface area contributed by atoms with E-state index in [0.717, 1.165) is 0 Å². The van der Waals surface area contributed by atoms with Crippen molar-refractivity contribution in [2.24, 2.45) is 0 Å². The van der Waals surface area contributed by atoms with Gasteiger partial charge in [-0.15, -0.1) is 0 Å². The summed E-state index contributed by atoms with van der Waals surface area (Å²) in [5, 5.41) is 9.67. The van der Waals surface area contributed by atoms with Gasteiger partial charge in [-0.1, -0.05) is 11.1 Å². The van der Waals surface area contributed by atoms with Crippen molar-refractivity contribution >= 4 is 13.8 Å². The SMILES string of the molecule is C=C(C)C(=O)OCC[P+](=O)C(O)C[N+](C)(C)C. The smallest absolute Gasteiger partial charge is 0.379 e. The molecule has 0 amide bonds. The number of rotatable bonds is 7. The first-order valence-electron chi connectivity index (χ1n) is 5.38. The lowest BCUT2D eigenvalue weighted by Gasteiger charge is -2.23. The zero-order valence-corrected chi connectivity index (χ0v) is 11.9. The van der Waals surface area contributed by atoms with Gasteiger partial charge in [-0.2, -0.15) is 0 Å². The maximum Gasteiger partial charge on any atom is 0.379 e. The molecule has 98 valence electrons. The summed E-state index contributed by atoms with van der Waals surface area (Å²) >= 11 is 0. The van der Waals surface area contributed by atoms with Gasteiger partial charge in [-0.25, -0.2) is 4.79 Å². The lowest BCUT2D eigenvalue weighted by molar-refractivity contribution is -0.871. The van der Waals surface area contributed by atoms with Gasteiger partial charge in [-0.05, 0) is 6.92 Å². The molecule has 0 spiro atoms. The molecule has 0 radical (unpaired) electrons. The number of hydrogen-bond donors (Lipinski definition) is 1. The molecule has 2 unspecified atom stereocenters. The lowest BCUT2D eigenvalue weighted by Crippen LogP contribution is -2.40. The number of carbonyl (C=O) groups excluding carboxylic acids is 1. The molecule has 0 aliphatic carbocycles. The highest BCUT2D eigenvalue weighted by Gasteiger charge is 2.32. The maximum absolute atomic E-state index is 11.6. The van der Waals surface area contributed by atoms with Crippen LogP contribution in [-0.4, -0.2) is 61.9 Å². The average molecular weight is 263 g/mol. The Hall–Kier alpha value is -0.770.